The lowest BCUT2D eigenvalue weighted by Gasteiger charge is -2.10. The fourth-order valence-electron chi connectivity index (χ4n) is 2.90. The maximum absolute atomic E-state index is 12.3. The zero-order chi connectivity index (χ0) is 17.1. The molecule has 0 aliphatic carbocycles. The zero-order valence-electron chi connectivity index (χ0n) is 14.0. The number of imidazole rings is 1. The molecule has 0 unspecified atom stereocenters. The van der Waals surface area contributed by atoms with Gasteiger partial charge in [0.25, 0.3) is 5.91 Å². The molecule has 0 saturated heterocycles. The van der Waals surface area contributed by atoms with Gasteiger partial charge < -0.3 is 15.2 Å². The fraction of sp³-hybridized carbons (Fsp3) is 0.500. The summed E-state index contributed by atoms with van der Waals surface area (Å²) in [5.74, 6) is 0.717. The van der Waals surface area contributed by atoms with Crippen molar-refractivity contribution in [3.63, 3.8) is 0 Å². The van der Waals surface area contributed by atoms with E-state index in [9.17, 15) is 9.59 Å². The second kappa shape index (κ2) is 6.96. The van der Waals surface area contributed by atoms with E-state index >= 15 is 0 Å². The van der Waals surface area contributed by atoms with Crippen LogP contribution in [0, 0.1) is 13.8 Å². The molecule has 0 atom stereocenters. The third-order valence-electron chi connectivity index (χ3n) is 4.11. The molecular weight excluding hydrogens is 308 g/mol. The summed E-state index contributed by atoms with van der Waals surface area (Å²) in [7, 11) is 0. The van der Waals surface area contributed by atoms with Gasteiger partial charge in [-0.25, -0.2) is 9.78 Å². The first-order valence-corrected chi connectivity index (χ1v) is 8.14. The van der Waals surface area contributed by atoms with Crippen molar-refractivity contribution in [2.24, 2.45) is 0 Å². The van der Waals surface area contributed by atoms with Crippen molar-refractivity contribution in [2.75, 3.05) is 19.6 Å². The molecule has 0 aromatic carbocycles. The second-order valence-electron chi connectivity index (χ2n) is 5.96. The maximum Gasteiger partial charge on any atom is 0.348 e. The van der Waals surface area contributed by atoms with Crippen molar-refractivity contribution in [1.29, 1.82) is 0 Å². The van der Waals surface area contributed by atoms with E-state index in [0.717, 1.165) is 37.6 Å². The molecule has 1 amide bonds. The van der Waals surface area contributed by atoms with Gasteiger partial charge in [0.2, 0.25) is 0 Å². The van der Waals surface area contributed by atoms with Crippen LogP contribution in [0.2, 0.25) is 0 Å². The van der Waals surface area contributed by atoms with Gasteiger partial charge in [0.1, 0.15) is 11.5 Å². The molecule has 1 aliphatic rings. The molecular formula is C16H22N6O2. The first-order valence-electron chi connectivity index (χ1n) is 8.14. The molecule has 0 fully saturated rings. The Morgan fingerprint density at radius 2 is 2.17 bits per heavy atom. The molecule has 1 aliphatic heterocycles. The predicted molar refractivity (Wildman–Crippen MR) is 89.1 cm³/mol. The predicted octanol–water partition coefficient (Wildman–Crippen LogP) is -0.368. The standard InChI is InChI=1S/C16H22N6O2/c1-11-9-12(2)22(16(24)19-11)8-6-18-15(23)13-10-21-7-5-17-4-3-14(21)20-13/h9-10,17H,3-8H2,1-2H3,(H,18,23). The van der Waals surface area contributed by atoms with Crippen LogP contribution in [0.3, 0.4) is 0 Å². The van der Waals surface area contributed by atoms with Crippen LogP contribution in [0.1, 0.15) is 27.7 Å². The van der Waals surface area contributed by atoms with Gasteiger partial charge in [-0.05, 0) is 19.9 Å². The Kier molecular flexibility index (Phi) is 4.75. The van der Waals surface area contributed by atoms with Crippen LogP contribution >= 0.6 is 0 Å². The van der Waals surface area contributed by atoms with Crippen LogP contribution in [0.15, 0.2) is 17.1 Å². The summed E-state index contributed by atoms with van der Waals surface area (Å²) in [6.45, 7) is 6.97. The third kappa shape index (κ3) is 3.53. The Bertz CT molecular complexity index is 784. The number of aromatic nitrogens is 4. The van der Waals surface area contributed by atoms with Gasteiger partial charge in [0.05, 0.1) is 0 Å². The van der Waals surface area contributed by atoms with Gasteiger partial charge in [-0.1, -0.05) is 0 Å². The third-order valence-corrected chi connectivity index (χ3v) is 4.11. The Morgan fingerprint density at radius 1 is 1.33 bits per heavy atom. The molecule has 8 nitrogen and oxygen atoms in total. The van der Waals surface area contributed by atoms with E-state index in [4.69, 9.17) is 0 Å². The number of rotatable bonds is 4. The lowest BCUT2D eigenvalue weighted by molar-refractivity contribution is 0.0947. The highest BCUT2D eigenvalue weighted by atomic mass is 16.2. The summed E-state index contributed by atoms with van der Waals surface area (Å²) in [4.78, 5) is 32.5. The van der Waals surface area contributed by atoms with Crippen LogP contribution in [0.5, 0.6) is 0 Å². The summed E-state index contributed by atoms with van der Waals surface area (Å²) in [6, 6.07) is 1.85. The van der Waals surface area contributed by atoms with E-state index in [0.29, 0.717) is 24.5 Å². The van der Waals surface area contributed by atoms with Crippen molar-refractivity contribution in [2.45, 2.75) is 33.4 Å². The van der Waals surface area contributed by atoms with Crippen LogP contribution in [0.25, 0.3) is 0 Å². The van der Waals surface area contributed by atoms with E-state index in [2.05, 4.69) is 20.6 Å². The summed E-state index contributed by atoms with van der Waals surface area (Å²) in [5, 5.41) is 6.12. The van der Waals surface area contributed by atoms with Crippen LogP contribution in [-0.4, -0.2) is 44.6 Å². The molecule has 0 radical (unpaired) electrons. The number of aryl methyl sites for hydroxylation is 2. The number of hydrogen-bond acceptors (Lipinski definition) is 5. The number of hydrogen-bond donors (Lipinski definition) is 2. The van der Waals surface area contributed by atoms with Gasteiger partial charge >= 0.3 is 5.69 Å². The van der Waals surface area contributed by atoms with Crippen LogP contribution < -0.4 is 16.3 Å². The highest BCUT2D eigenvalue weighted by Gasteiger charge is 2.15. The second-order valence-corrected chi connectivity index (χ2v) is 5.96. The average Bonchev–Trinajstić information content (AvgIpc) is 2.81. The number of nitrogens with zero attached hydrogens (tertiary/aromatic N) is 4. The first-order chi connectivity index (χ1) is 11.5. The maximum atomic E-state index is 12.3. The SMILES string of the molecule is Cc1cc(C)n(CCNC(=O)c2cn3c(n2)CCNCC3)c(=O)n1. The number of carbonyl (C=O) groups is 1. The Balaban J connectivity index is 1.61. The monoisotopic (exact) mass is 330 g/mol. The molecule has 0 bridgehead atoms. The topological polar surface area (TPSA) is 93.8 Å². The number of carbonyl (C=O) groups excluding carboxylic acids is 1. The van der Waals surface area contributed by atoms with Crippen molar-refractivity contribution in [1.82, 2.24) is 29.7 Å². The summed E-state index contributed by atoms with van der Waals surface area (Å²) < 4.78 is 3.58. The molecule has 8 heteroatoms. The first kappa shape index (κ1) is 16.4. The minimum absolute atomic E-state index is 0.214. The van der Waals surface area contributed by atoms with E-state index in [1.165, 1.54) is 0 Å². The lowest BCUT2D eigenvalue weighted by Crippen LogP contribution is -2.33. The van der Waals surface area contributed by atoms with E-state index in [1.54, 1.807) is 17.7 Å². The van der Waals surface area contributed by atoms with Crippen LogP contribution in [-0.2, 0) is 19.5 Å². The van der Waals surface area contributed by atoms with E-state index < -0.39 is 0 Å². The molecule has 2 N–H and O–H groups in total. The number of fused-ring (bicyclic) bond motifs is 1. The molecule has 128 valence electrons. The lowest BCUT2D eigenvalue weighted by atomic mass is 10.3. The normalized spacial score (nSPS) is 14.1. The molecule has 0 spiro atoms. The largest absolute Gasteiger partial charge is 0.349 e. The summed E-state index contributed by atoms with van der Waals surface area (Å²) in [5.41, 5.74) is 1.68. The molecule has 24 heavy (non-hydrogen) atoms. The van der Waals surface area contributed by atoms with Gasteiger partial charge in [-0.15, -0.1) is 0 Å². The molecule has 3 rings (SSSR count). The van der Waals surface area contributed by atoms with Crippen molar-refractivity contribution in [3.8, 4) is 0 Å². The van der Waals surface area contributed by atoms with E-state index in [-0.39, 0.29) is 11.6 Å². The van der Waals surface area contributed by atoms with Gasteiger partial charge in [0, 0.05) is 56.7 Å². The van der Waals surface area contributed by atoms with E-state index in [1.807, 2.05) is 17.6 Å². The molecule has 2 aromatic rings. The summed E-state index contributed by atoms with van der Waals surface area (Å²) in [6.07, 6.45) is 2.61. The van der Waals surface area contributed by atoms with Crippen molar-refractivity contribution in [3.05, 3.63) is 45.7 Å². The molecule has 3 heterocycles. The smallest absolute Gasteiger partial charge is 0.348 e. The fourth-order valence-corrected chi connectivity index (χ4v) is 2.90. The Morgan fingerprint density at radius 3 is 2.96 bits per heavy atom. The minimum Gasteiger partial charge on any atom is -0.349 e. The minimum atomic E-state index is -0.289. The zero-order valence-corrected chi connectivity index (χ0v) is 14.0. The number of amides is 1. The molecule has 0 saturated carbocycles. The average molecular weight is 330 g/mol. The van der Waals surface area contributed by atoms with Crippen molar-refractivity contribution >= 4 is 5.91 Å². The van der Waals surface area contributed by atoms with Crippen molar-refractivity contribution < 1.29 is 4.79 Å². The van der Waals surface area contributed by atoms with Gasteiger partial charge in [-0.3, -0.25) is 9.36 Å². The quantitative estimate of drug-likeness (QED) is 0.798. The highest BCUT2D eigenvalue weighted by Crippen LogP contribution is 2.06. The Labute approximate surface area is 139 Å². The number of nitrogens with one attached hydrogen (secondary N) is 2. The van der Waals surface area contributed by atoms with Crippen LogP contribution in [0.4, 0.5) is 0 Å². The Hall–Kier alpha value is -2.48. The summed E-state index contributed by atoms with van der Waals surface area (Å²) >= 11 is 0. The molecule has 2 aromatic heterocycles. The van der Waals surface area contributed by atoms with Gasteiger partial charge in [0.15, 0.2) is 0 Å². The van der Waals surface area contributed by atoms with Gasteiger partial charge in [-0.2, -0.15) is 4.98 Å². The highest BCUT2D eigenvalue weighted by molar-refractivity contribution is 5.92.